The summed E-state index contributed by atoms with van der Waals surface area (Å²) in [5.74, 6) is 0. The molecule has 0 aliphatic rings. The molecule has 0 aromatic heterocycles. The van der Waals surface area contributed by atoms with Crippen molar-refractivity contribution in [3.63, 3.8) is 0 Å². The van der Waals surface area contributed by atoms with Gasteiger partial charge in [-0.2, -0.15) is 30.3 Å². The summed E-state index contributed by atoms with van der Waals surface area (Å²) in [5.41, 5.74) is 0. The van der Waals surface area contributed by atoms with Gasteiger partial charge in [-0.1, -0.05) is 0 Å². The van der Waals surface area contributed by atoms with Gasteiger partial charge in [-0.25, -0.2) is 0 Å². The van der Waals surface area contributed by atoms with Gasteiger partial charge in [-0.3, -0.25) is 6.58 Å². The van der Waals surface area contributed by atoms with E-state index in [-0.39, 0.29) is 37.7 Å². The first-order valence-corrected chi connectivity index (χ1v) is 3.41. The second kappa shape index (κ2) is 8.60. The molecule has 0 fully saturated rings. The Balaban J connectivity index is 0. The van der Waals surface area contributed by atoms with Crippen molar-refractivity contribution >= 4 is 11.8 Å². The summed E-state index contributed by atoms with van der Waals surface area (Å²) in [6.07, 6.45) is 0. The average molecular weight is 148 g/mol. The Kier molecular flexibility index (Phi) is 11.0. The normalized spacial score (nSPS) is 7.27. The Morgan fingerprint density at radius 1 is 1.36 bits per heavy atom. The maximum atomic E-state index is 3.47. The zero-order valence-electron chi connectivity index (χ0n) is 6.92. The van der Waals surface area contributed by atoms with Crippen LogP contribution >= 0.6 is 11.8 Å². The molecule has 0 amide bonds. The fourth-order valence-corrected chi connectivity index (χ4v) is 0.947. The van der Waals surface area contributed by atoms with Gasteiger partial charge in [0.15, 0.2) is 0 Å². The molecule has 0 radical (unpaired) electrons. The Morgan fingerprint density at radius 3 is 2.55 bits per heavy atom. The van der Waals surface area contributed by atoms with Crippen molar-refractivity contribution in [1.29, 1.82) is 0 Å². The minimum absolute atomic E-state index is 0. The average Bonchev–Trinajstić information content (AvgIpc) is 1.91. The van der Waals surface area contributed by atoms with Gasteiger partial charge in [0.05, 0.1) is 0 Å². The Labute approximate surface area is 96.2 Å². The van der Waals surface area contributed by atoms with Crippen LogP contribution in [0.2, 0.25) is 0 Å². The van der Waals surface area contributed by atoms with E-state index >= 15 is 0 Å². The molecule has 0 N–H and O–H groups in total. The van der Waals surface area contributed by atoms with Crippen molar-refractivity contribution in [3.05, 3.63) is 42.3 Å². The van der Waals surface area contributed by atoms with Crippen molar-refractivity contribution in [2.75, 3.05) is 0 Å². The van der Waals surface area contributed by atoms with Crippen LogP contribution in [-0.2, 0) is 0 Å². The molecule has 0 spiro atoms. The van der Waals surface area contributed by atoms with Gasteiger partial charge in [0, 0.05) is 0 Å². The molecule has 0 nitrogen and oxygen atoms in total. The summed E-state index contributed by atoms with van der Waals surface area (Å²) in [5, 5.41) is 2.72. The van der Waals surface area contributed by atoms with Crippen LogP contribution in [0.15, 0.2) is 35.7 Å². The van der Waals surface area contributed by atoms with E-state index in [4.69, 9.17) is 0 Å². The SMILES string of the molecule is C=[C-]Sc1[c-]cccc1.[Li+].[Li+]. The third kappa shape index (κ3) is 5.74. The van der Waals surface area contributed by atoms with Crippen molar-refractivity contribution in [1.82, 2.24) is 0 Å². The molecule has 3 heteroatoms. The number of hydrogen-bond donors (Lipinski definition) is 0. The van der Waals surface area contributed by atoms with Crippen molar-refractivity contribution in [2.45, 2.75) is 4.90 Å². The molecule has 0 saturated heterocycles. The van der Waals surface area contributed by atoms with E-state index in [0.717, 1.165) is 4.90 Å². The maximum absolute atomic E-state index is 3.47. The van der Waals surface area contributed by atoms with Crippen LogP contribution in [0, 0.1) is 11.5 Å². The summed E-state index contributed by atoms with van der Waals surface area (Å²) in [6.45, 7) is 3.47. The van der Waals surface area contributed by atoms with E-state index in [2.05, 4.69) is 18.1 Å². The minimum atomic E-state index is 0. The second-order valence-electron chi connectivity index (χ2n) is 1.47. The third-order valence-corrected chi connectivity index (χ3v) is 1.48. The molecule has 0 bridgehead atoms. The van der Waals surface area contributed by atoms with Gasteiger partial charge in [-0.15, -0.1) is 4.90 Å². The summed E-state index contributed by atoms with van der Waals surface area (Å²) in [6, 6.07) is 10.8. The molecule has 0 heterocycles. The maximum Gasteiger partial charge on any atom is 1.00 e. The van der Waals surface area contributed by atoms with Crippen LogP contribution in [0.5, 0.6) is 0 Å². The fraction of sp³-hybridized carbons (Fsp3) is 0. The van der Waals surface area contributed by atoms with Crippen LogP contribution in [0.3, 0.4) is 0 Å². The predicted molar refractivity (Wildman–Crippen MR) is 40.0 cm³/mol. The molecule has 0 saturated carbocycles. The Morgan fingerprint density at radius 2 is 2.09 bits per heavy atom. The van der Waals surface area contributed by atoms with Gasteiger partial charge in [0.2, 0.25) is 0 Å². The van der Waals surface area contributed by atoms with Gasteiger partial charge in [-0.05, 0) is 0 Å². The molecular weight excluding hydrogens is 142 g/mol. The standard InChI is InChI=1S/C8H6S.2Li/c1-2-9-8-6-4-3-5-7-8;;/h3-6H,1H2;;/q-2;2*+1. The number of benzene rings is 1. The molecule has 1 aromatic carbocycles. The molecule has 11 heavy (non-hydrogen) atoms. The number of hydrogen-bond acceptors (Lipinski definition) is 1. The molecule has 1 aromatic rings. The van der Waals surface area contributed by atoms with Crippen LogP contribution < -0.4 is 37.7 Å². The molecule has 0 aliphatic heterocycles. The predicted octanol–water partition coefficient (Wildman–Crippen LogP) is -3.47. The van der Waals surface area contributed by atoms with Crippen LogP contribution in [0.4, 0.5) is 0 Å². The molecule has 0 unspecified atom stereocenters. The van der Waals surface area contributed by atoms with Crippen LogP contribution in [0.25, 0.3) is 0 Å². The van der Waals surface area contributed by atoms with E-state index in [1.807, 2.05) is 24.3 Å². The summed E-state index contributed by atoms with van der Waals surface area (Å²) < 4.78 is 0. The van der Waals surface area contributed by atoms with Gasteiger partial charge in [0.1, 0.15) is 0 Å². The minimum Gasteiger partial charge on any atom is -0.437 e. The third-order valence-electron chi connectivity index (χ3n) is 0.863. The summed E-state index contributed by atoms with van der Waals surface area (Å²) in [7, 11) is 0. The number of thioether (sulfide) groups is 1. The summed E-state index contributed by atoms with van der Waals surface area (Å²) in [4.78, 5) is 1.06. The zero-order chi connectivity index (χ0) is 6.53. The van der Waals surface area contributed by atoms with Crippen LogP contribution in [-0.4, -0.2) is 0 Å². The zero-order valence-corrected chi connectivity index (χ0v) is 7.74. The van der Waals surface area contributed by atoms with Crippen LogP contribution in [0.1, 0.15) is 0 Å². The van der Waals surface area contributed by atoms with E-state index in [0.29, 0.717) is 0 Å². The molecular formula is C8H6Li2S. The first-order valence-electron chi connectivity index (χ1n) is 2.59. The largest absolute Gasteiger partial charge is 1.00 e. The van der Waals surface area contributed by atoms with Gasteiger partial charge < -0.3 is 17.2 Å². The fourth-order valence-electron chi connectivity index (χ4n) is 0.518. The molecule has 1 rings (SSSR count). The topological polar surface area (TPSA) is 0 Å². The Hall–Kier alpha value is 0.505. The summed E-state index contributed by atoms with van der Waals surface area (Å²) >= 11 is 1.46. The van der Waals surface area contributed by atoms with Crippen molar-refractivity contribution in [2.24, 2.45) is 0 Å². The van der Waals surface area contributed by atoms with E-state index in [1.165, 1.54) is 11.8 Å². The van der Waals surface area contributed by atoms with Crippen molar-refractivity contribution < 1.29 is 37.7 Å². The van der Waals surface area contributed by atoms with Gasteiger partial charge in [0.25, 0.3) is 0 Å². The second-order valence-corrected chi connectivity index (χ2v) is 2.41. The van der Waals surface area contributed by atoms with E-state index in [1.54, 1.807) is 0 Å². The molecule has 0 aliphatic carbocycles. The quantitative estimate of drug-likeness (QED) is 0.238. The smallest absolute Gasteiger partial charge is 0.437 e. The van der Waals surface area contributed by atoms with E-state index < -0.39 is 0 Å². The monoisotopic (exact) mass is 148 g/mol. The first-order chi connectivity index (χ1) is 4.43. The van der Waals surface area contributed by atoms with Gasteiger partial charge >= 0.3 is 37.7 Å². The Bertz CT molecular complexity index is 187. The molecule has 0 atom stereocenters. The first kappa shape index (κ1) is 14.1. The molecule has 46 valence electrons. The number of rotatable bonds is 2. The van der Waals surface area contributed by atoms with E-state index in [9.17, 15) is 0 Å². The van der Waals surface area contributed by atoms with Crippen molar-refractivity contribution in [3.8, 4) is 0 Å².